The van der Waals surface area contributed by atoms with E-state index in [4.69, 9.17) is 0 Å². The van der Waals surface area contributed by atoms with Crippen molar-refractivity contribution in [1.82, 2.24) is 0 Å². The molecule has 0 aliphatic carbocycles. The van der Waals surface area contributed by atoms with E-state index < -0.39 is 22.3 Å². The summed E-state index contributed by atoms with van der Waals surface area (Å²) in [5.74, 6) is 0. The predicted octanol–water partition coefficient (Wildman–Crippen LogP) is 2.41. The van der Waals surface area contributed by atoms with Gasteiger partial charge in [-0.25, -0.2) is 0 Å². The van der Waals surface area contributed by atoms with Crippen LogP contribution in [0.3, 0.4) is 0 Å². The van der Waals surface area contributed by atoms with Gasteiger partial charge in [-0.3, -0.25) is 8.88 Å². The number of benzene rings is 1. The maximum Gasteiger partial charge on any atom is 0.272 e. The van der Waals surface area contributed by atoms with Crippen LogP contribution >= 0.6 is 15.6 Å². The largest absolute Gasteiger partial charge is 0.790 e. The number of phosphoric ester groups is 1. The van der Waals surface area contributed by atoms with Gasteiger partial charge in [0, 0.05) is 12.2 Å². The number of allylic oxidation sites excluding steroid dienone is 2. The average molecular weight is 416 g/mol. The molecule has 1 atom stereocenters. The SMILES string of the molecule is C/C(=C\COP(=O)([O-])OP(=O)([O-])[O-])CC/C=C(\C)CNc1ccccc1C. The van der Waals surface area contributed by atoms with Crippen molar-refractivity contribution in [3.63, 3.8) is 0 Å². The van der Waals surface area contributed by atoms with Crippen LogP contribution in [0.15, 0.2) is 47.6 Å². The van der Waals surface area contributed by atoms with E-state index in [0.29, 0.717) is 6.42 Å². The quantitative estimate of drug-likeness (QED) is 0.429. The van der Waals surface area contributed by atoms with Gasteiger partial charge in [-0.05, 0) is 45.2 Å². The number of nitrogens with one attached hydrogen (secondary N) is 1. The summed E-state index contributed by atoms with van der Waals surface area (Å²) < 4.78 is 29.1. The number of hydrogen-bond donors (Lipinski definition) is 1. The summed E-state index contributed by atoms with van der Waals surface area (Å²) in [6.07, 6.45) is 5.00. The Bertz CT molecular complexity index is 770. The van der Waals surface area contributed by atoms with Gasteiger partial charge in [0.15, 0.2) is 0 Å². The molecule has 0 aliphatic heterocycles. The number of hydrogen-bond acceptors (Lipinski definition) is 8. The minimum atomic E-state index is -5.65. The molecule has 152 valence electrons. The van der Waals surface area contributed by atoms with E-state index >= 15 is 0 Å². The van der Waals surface area contributed by atoms with Crippen LogP contribution in [0.2, 0.25) is 0 Å². The molecule has 0 spiro atoms. The van der Waals surface area contributed by atoms with E-state index in [-0.39, 0.29) is 0 Å². The van der Waals surface area contributed by atoms with Crippen LogP contribution in [0.5, 0.6) is 0 Å². The highest BCUT2D eigenvalue weighted by Crippen LogP contribution is 2.50. The molecule has 0 bridgehead atoms. The van der Waals surface area contributed by atoms with Crippen molar-refractivity contribution in [3.8, 4) is 0 Å². The summed E-state index contributed by atoms with van der Waals surface area (Å²) in [5.41, 5.74) is 4.29. The summed E-state index contributed by atoms with van der Waals surface area (Å²) in [4.78, 5) is 31.7. The van der Waals surface area contributed by atoms with E-state index in [9.17, 15) is 23.8 Å². The molecule has 0 heterocycles. The van der Waals surface area contributed by atoms with E-state index in [1.54, 1.807) is 6.92 Å². The topological polar surface area (TPSA) is 134 Å². The molecule has 0 saturated carbocycles. The molecular formula is C17H24NO7P2-3. The zero-order valence-corrected chi connectivity index (χ0v) is 17.3. The highest BCUT2D eigenvalue weighted by Gasteiger charge is 2.10. The van der Waals surface area contributed by atoms with E-state index in [1.165, 1.54) is 17.2 Å². The van der Waals surface area contributed by atoms with Crippen LogP contribution in [0.4, 0.5) is 5.69 Å². The molecule has 8 nitrogen and oxygen atoms in total. The molecule has 0 amide bonds. The van der Waals surface area contributed by atoms with Gasteiger partial charge in [-0.15, -0.1) is 0 Å². The summed E-state index contributed by atoms with van der Waals surface area (Å²) >= 11 is 0. The van der Waals surface area contributed by atoms with Gasteiger partial charge in [0.1, 0.15) is 0 Å². The lowest BCUT2D eigenvalue weighted by molar-refractivity contribution is -0.339. The van der Waals surface area contributed by atoms with Crippen LogP contribution in [-0.4, -0.2) is 13.2 Å². The predicted molar refractivity (Wildman–Crippen MR) is 98.7 cm³/mol. The molecule has 27 heavy (non-hydrogen) atoms. The van der Waals surface area contributed by atoms with Gasteiger partial charge in [0.25, 0.3) is 7.82 Å². The van der Waals surface area contributed by atoms with Crippen molar-refractivity contribution in [1.29, 1.82) is 0 Å². The molecular weight excluding hydrogens is 392 g/mol. The third-order valence-corrected chi connectivity index (χ3v) is 5.66. The number of anilines is 1. The first-order chi connectivity index (χ1) is 12.5. The van der Waals surface area contributed by atoms with Crippen LogP contribution in [0, 0.1) is 6.92 Å². The van der Waals surface area contributed by atoms with Gasteiger partial charge in [0.2, 0.25) is 0 Å². The first kappa shape index (κ1) is 23.8. The molecule has 0 aliphatic rings. The summed E-state index contributed by atoms with van der Waals surface area (Å²) in [6, 6.07) is 8.02. The number of rotatable bonds is 11. The van der Waals surface area contributed by atoms with Crippen molar-refractivity contribution >= 4 is 21.3 Å². The fourth-order valence-electron chi connectivity index (χ4n) is 2.14. The number of para-hydroxylation sites is 1. The van der Waals surface area contributed by atoms with Crippen molar-refractivity contribution in [3.05, 3.63) is 53.1 Å². The Morgan fingerprint density at radius 1 is 1.11 bits per heavy atom. The number of phosphoric acid groups is 2. The molecule has 1 aromatic rings. The normalized spacial score (nSPS) is 15.5. The first-order valence-electron chi connectivity index (χ1n) is 8.28. The summed E-state index contributed by atoms with van der Waals surface area (Å²) in [5, 5.41) is 3.36. The van der Waals surface area contributed by atoms with Crippen LogP contribution < -0.4 is 20.0 Å². The molecule has 0 fully saturated rings. The molecule has 1 rings (SSSR count). The fourth-order valence-corrected chi connectivity index (χ4v) is 3.57. The van der Waals surface area contributed by atoms with Crippen molar-refractivity contribution in [2.45, 2.75) is 33.6 Å². The monoisotopic (exact) mass is 416 g/mol. The van der Waals surface area contributed by atoms with Crippen LogP contribution in [-0.2, 0) is 18.0 Å². The van der Waals surface area contributed by atoms with E-state index in [1.807, 2.05) is 38.1 Å². The van der Waals surface area contributed by atoms with Crippen LogP contribution in [0.1, 0.15) is 32.3 Å². The lowest BCUT2D eigenvalue weighted by atomic mass is 10.1. The third-order valence-electron chi connectivity index (χ3n) is 3.60. The maximum absolute atomic E-state index is 11.1. The Kier molecular flexibility index (Phi) is 9.63. The van der Waals surface area contributed by atoms with E-state index in [2.05, 4.69) is 20.2 Å². The standard InChI is InChI=1S/C17H27NO7P2/c1-14(11-12-24-27(22,23)25-26(19,20)21)7-6-8-15(2)13-18-17-10-5-4-9-16(17)3/h4-5,8-11,18H,6-7,12-13H2,1-3H3,(H,22,23)(H2,19,20,21)/p-3/b14-11+,15-8+. The minimum Gasteiger partial charge on any atom is -0.790 e. The number of aryl methyl sites for hydroxylation is 1. The molecule has 1 aromatic carbocycles. The zero-order valence-electron chi connectivity index (χ0n) is 15.5. The lowest BCUT2D eigenvalue weighted by Gasteiger charge is -2.34. The minimum absolute atomic E-state index is 0.399. The average Bonchev–Trinajstić information content (AvgIpc) is 2.51. The Labute approximate surface area is 159 Å². The Morgan fingerprint density at radius 2 is 1.78 bits per heavy atom. The second-order valence-electron chi connectivity index (χ2n) is 6.08. The molecule has 0 radical (unpaired) electrons. The molecule has 1 unspecified atom stereocenters. The van der Waals surface area contributed by atoms with Gasteiger partial charge >= 0.3 is 0 Å². The van der Waals surface area contributed by atoms with Crippen molar-refractivity contribution < 1.29 is 32.6 Å². The molecule has 0 saturated heterocycles. The Hall–Kier alpha value is -1.24. The second-order valence-corrected chi connectivity index (χ2v) is 8.78. The summed E-state index contributed by atoms with van der Waals surface area (Å²) in [7, 11) is -10.8. The van der Waals surface area contributed by atoms with Gasteiger partial charge in [0.05, 0.1) is 14.4 Å². The van der Waals surface area contributed by atoms with E-state index in [0.717, 1.165) is 24.2 Å². The summed E-state index contributed by atoms with van der Waals surface area (Å²) in [6.45, 7) is 6.17. The fraction of sp³-hybridized carbons (Fsp3) is 0.412. The van der Waals surface area contributed by atoms with Gasteiger partial charge in [-0.1, -0.05) is 41.5 Å². The molecule has 10 heteroatoms. The first-order valence-corrected chi connectivity index (χ1v) is 11.2. The molecule has 0 aromatic heterocycles. The maximum atomic E-state index is 11.1. The molecule has 1 N–H and O–H groups in total. The third kappa shape index (κ3) is 11.3. The Balaban J connectivity index is 2.36. The highest BCUT2D eigenvalue weighted by atomic mass is 31.3. The zero-order chi connectivity index (χ0) is 20.5. The van der Waals surface area contributed by atoms with Crippen LogP contribution in [0.25, 0.3) is 0 Å². The lowest BCUT2D eigenvalue weighted by Crippen LogP contribution is -2.19. The van der Waals surface area contributed by atoms with Gasteiger partial charge in [-0.2, -0.15) is 0 Å². The second kappa shape index (κ2) is 10.9. The van der Waals surface area contributed by atoms with Crippen molar-refractivity contribution in [2.24, 2.45) is 0 Å². The smallest absolute Gasteiger partial charge is 0.272 e. The van der Waals surface area contributed by atoms with Crippen molar-refractivity contribution in [2.75, 3.05) is 18.5 Å². The van der Waals surface area contributed by atoms with Gasteiger partial charge < -0.3 is 29.1 Å². The highest BCUT2D eigenvalue weighted by molar-refractivity contribution is 7.58. The Morgan fingerprint density at radius 3 is 2.41 bits per heavy atom.